The second kappa shape index (κ2) is 5.65. The predicted molar refractivity (Wildman–Crippen MR) is 74.6 cm³/mol. The van der Waals surface area contributed by atoms with Gasteiger partial charge in [-0.3, -0.25) is 0 Å². The molecule has 1 rings (SSSR count). The van der Waals surface area contributed by atoms with Crippen molar-refractivity contribution in [1.29, 1.82) is 0 Å². The lowest BCUT2D eigenvalue weighted by Crippen LogP contribution is -2.37. The maximum atomic E-state index is 13.8. The van der Waals surface area contributed by atoms with Gasteiger partial charge in [0.1, 0.15) is 16.4 Å². The molecular weight excluding hydrogens is 286 g/mol. The van der Waals surface area contributed by atoms with E-state index in [1.165, 1.54) is 0 Å². The highest BCUT2D eigenvalue weighted by atomic mass is 32.2. The van der Waals surface area contributed by atoms with Gasteiger partial charge in [-0.25, -0.2) is 21.9 Å². The topological polar surface area (TPSA) is 72.2 Å². The van der Waals surface area contributed by atoms with Gasteiger partial charge >= 0.3 is 0 Å². The van der Waals surface area contributed by atoms with Gasteiger partial charge in [-0.05, 0) is 23.5 Å². The lowest BCUT2D eigenvalue weighted by molar-refractivity contribution is 0.252. The molecule has 0 saturated carbocycles. The van der Waals surface area contributed by atoms with Crippen molar-refractivity contribution in [3.05, 3.63) is 23.8 Å². The first-order valence-electron chi connectivity index (χ1n) is 6.22. The summed E-state index contributed by atoms with van der Waals surface area (Å²) < 4.78 is 53.3. The van der Waals surface area contributed by atoms with Crippen LogP contribution in [-0.2, 0) is 10.0 Å². The van der Waals surface area contributed by atoms with Crippen LogP contribution in [0.3, 0.4) is 0 Å². The Morgan fingerprint density at radius 2 is 1.85 bits per heavy atom. The van der Waals surface area contributed by atoms with Gasteiger partial charge in [0.2, 0.25) is 10.0 Å². The quantitative estimate of drug-likeness (QED) is 0.821. The highest BCUT2D eigenvalue weighted by Crippen LogP contribution is 2.27. The molecule has 3 N–H and O–H groups in total. The van der Waals surface area contributed by atoms with Gasteiger partial charge in [-0.15, -0.1) is 0 Å². The lowest BCUT2D eigenvalue weighted by Gasteiger charge is -2.29. The van der Waals surface area contributed by atoms with Crippen molar-refractivity contribution in [2.45, 2.75) is 32.6 Å². The van der Waals surface area contributed by atoms with Gasteiger partial charge in [0.05, 0.1) is 0 Å². The van der Waals surface area contributed by atoms with Crippen LogP contribution in [0.2, 0.25) is 0 Å². The third kappa shape index (κ3) is 3.46. The number of hydrogen-bond acceptors (Lipinski definition) is 3. The van der Waals surface area contributed by atoms with Crippen LogP contribution in [0.1, 0.15) is 27.7 Å². The molecule has 0 spiro atoms. The smallest absolute Gasteiger partial charge is 0.243 e. The van der Waals surface area contributed by atoms with E-state index in [2.05, 4.69) is 4.72 Å². The molecule has 0 aliphatic carbocycles. The number of hydrogen-bond donors (Lipinski definition) is 2. The number of benzene rings is 1. The Hall–Kier alpha value is -1.21. The summed E-state index contributed by atoms with van der Waals surface area (Å²) >= 11 is 0. The zero-order chi connectivity index (χ0) is 15.7. The molecule has 0 aliphatic heterocycles. The van der Waals surface area contributed by atoms with E-state index in [0.29, 0.717) is 0 Å². The van der Waals surface area contributed by atoms with Crippen LogP contribution in [0, 0.1) is 23.0 Å². The molecule has 4 nitrogen and oxygen atoms in total. The summed E-state index contributed by atoms with van der Waals surface area (Å²) in [6.45, 7) is 7.87. The minimum atomic E-state index is -4.07. The highest BCUT2D eigenvalue weighted by Gasteiger charge is 2.27. The molecule has 20 heavy (non-hydrogen) atoms. The van der Waals surface area contributed by atoms with E-state index < -0.39 is 32.2 Å². The molecule has 7 heteroatoms. The summed E-state index contributed by atoms with van der Waals surface area (Å²) in [5.41, 5.74) is 4.08. The summed E-state index contributed by atoms with van der Waals surface area (Å²) in [4.78, 5) is -0.643. The SMILES string of the molecule is CC(C)C(C)(C)CNS(=O)(=O)c1ccc(F)c(N)c1F. The van der Waals surface area contributed by atoms with Gasteiger partial charge in [0, 0.05) is 6.54 Å². The van der Waals surface area contributed by atoms with Crippen LogP contribution in [0.4, 0.5) is 14.5 Å². The number of nitrogen functional groups attached to an aromatic ring is 1. The molecule has 0 atom stereocenters. The fourth-order valence-electron chi connectivity index (χ4n) is 1.32. The van der Waals surface area contributed by atoms with Gasteiger partial charge in [0.15, 0.2) is 5.82 Å². The van der Waals surface area contributed by atoms with E-state index in [0.717, 1.165) is 12.1 Å². The largest absolute Gasteiger partial charge is 0.394 e. The van der Waals surface area contributed by atoms with Crippen LogP contribution in [0.5, 0.6) is 0 Å². The molecule has 114 valence electrons. The molecular formula is C13H20F2N2O2S. The van der Waals surface area contributed by atoms with Crippen molar-refractivity contribution in [3.63, 3.8) is 0 Å². The molecule has 0 aliphatic rings. The number of anilines is 1. The Bertz CT molecular complexity index is 599. The summed E-state index contributed by atoms with van der Waals surface area (Å²) in [5.74, 6) is -2.02. The van der Waals surface area contributed by atoms with E-state index in [-0.39, 0.29) is 17.9 Å². The second-order valence-corrected chi connectivity index (χ2v) is 7.48. The van der Waals surface area contributed by atoms with Gasteiger partial charge in [-0.2, -0.15) is 0 Å². The molecule has 0 heterocycles. The van der Waals surface area contributed by atoms with Crippen LogP contribution in [0.25, 0.3) is 0 Å². The molecule has 0 bridgehead atoms. The Labute approximate surface area is 118 Å². The molecule has 0 unspecified atom stereocenters. The number of nitrogens with one attached hydrogen (secondary N) is 1. The standard InChI is InChI=1S/C13H20F2N2O2S/c1-8(2)13(3,4)7-17-20(18,19)10-6-5-9(14)12(16)11(10)15/h5-6,8,17H,7,16H2,1-4H3. The minimum absolute atomic E-state index is 0.143. The van der Waals surface area contributed by atoms with Crippen LogP contribution < -0.4 is 10.5 Å². The third-order valence-electron chi connectivity index (χ3n) is 3.66. The van der Waals surface area contributed by atoms with Crippen molar-refractivity contribution in [2.75, 3.05) is 12.3 Å². The van der Waals surface area contributed by atoms with Gasteiger partial charge < -0.3 is 5.73 Å². The maximum absolute atomic E-state index is 13.8. The number of nitrogens with two attached hydrogens (primary N) is 1. The summed E-state index contributed by atoms with van der Waals surface area (Å²) in [6.07, 6.45) is 0. The molecule has 1 aromatic rings. The molecule has 0 saturated heterocycles. The van der Waals surface area contributed by atoms with Crippen LogP contribution >= 0.6 is 0 Å². The molecule has 0 radical (unpaired) electrons. The van der Waals surface area contributed by atoms with E-state index in [1.807, 2.05) is 27.7 Å². The third-order valence-corrected chi connectivity index (χ3v) is 5.08. The Morgan fingerprint density at radius 1 is 1.30 bits per heavy atom. The molecule has 1 aromatic carbocycles. The average Bonchev–Trinajstić information content (AvgIpc) is 2.33. The summed E-state index contributed by atoms with van der Waals surface area (Å²) in [6, 6.07) is 1.70. The fourth-order valence-corrected chi connectivity index (χ4v) is 2.63. The van der Waals surface area contributed by atoms with Crippen LogP contribution in [0.15, 0.2) is 17.0 Å². The molecule has 0 amide bonds. The van der Waals surface area contributed by atoms with Gasteiger partial charge in [-0.1, -0.05) is 27.7 Å². The predicted octanol–water partition coefficient (Wildman–Crippen LogP) is 2.51. The minimum Gasteiger partial charge on any atom is -0.394 e. The Kier molecular flexibility index (Phi) is 4.76. The average molecular weight is 306 g/mol. The maximum Gasteiger partial charge on any atom is 0.243 e. The van der Waals surface area contributed by atoms with Crippen molar-refractivity contribution < 1.29 is 17.2 Å². The first-order chi connectivity index (χ1) is 8.99. The highest BCUT2D eigenvalue weighted by molar-refractivity contribution is 7.89. The van der Waals surface area contributed by atoms with Crippen molar-refractivity contribution in [3.8, 4) is 0 Å². The Morgan fingerprint density at radius 3 is 2.35 bits per heavy atom. The number of sulfonamides is 1. The van der Waals surface area contributed by atoms with E-state index in [1.54, 1.807) is 0 Å². The van der Waals surface area contributed by atoms with E-state index in [4.69, 9.17) is 5.73 Å². The zero-order valence-corrected chi connectivity index (χ0v) is 12.8. The van der Waals surface area contributed by atoms with Crippen LogP contribution in [-0.4, -0.2) is 15.0 Å². The molecule has 0 fully saturated rings. The monoisotopic (exact) mass is 306 g/mol. The summed E-state index contributed by atoms with van der Waals surface area (Å²) in [5, 5.41) is 0. The molecule has 0 aromatic heterocycles. The zero-order valence-electron chi connectivity index (χ0n) is 12.0. The number of halogens is 2. The fraction of sp³-hybridized carbons (Fsp3) is 0.538. The Balaban J connectivity index is 3.05. The van der Waals surface area contributed by atoms with Crippen molar-refractivity contribution in [2.24, 2.45) is 11.3 Å². The second-order valence-electron chi connectivity index (χ2n) is 5.74. The first kappa shape index (κ1) is 16.8. The van der Waals surface area contributed by atoms with Gasteiger partial charge in [0.25, 0.3) is 0 Å². The van der Waals surface area contributed by atoms with Crippen molar-refractivity contribution in [1.82, 2.24) is 4.72 Å². The normalized spacial score (nSPS) is 12.9. The summed E-state index contributed by atoms with van der Waals surface area (Å²) in [7, 11) is -4.07. The number of rotatable bonds is 5. The first-order valence-corrected chi connectivity index (χ1v) is 7.70. The lowest BCUT2D eigenvalue weighted by atomic mass is 9.81. The van der Waals surface area contributed by atoms with E-state index >= 15 is 0 Å². The van der Waals surface area contributed by atoms with Crippen molar-refractivity contribution >= 4 is 15.7 Å². The van der Waals surface area contributed by atoms with E-state index in [9.17, 15) is 17.2 Å².